The molecule has 3 nitrogen and oxygen atoms in total. The standard InChI is InChI=1S/C17H26F2O3/c1-2-3-4-5-6-7-8-14(17(20,21)22)11-13-9-10-15(18)16(19)12-13/h9-10,12,14,20-22H,2-8,11H2,1H3. The molecule has 0 bridgehead atoms. The van der Waals surface area contributed by atoms with Crippen LogP contribution in [-0.4, -0.2) is 21.3 Å². The molecule has 0 saturated heterocycles. The molecule has 22 heavy (non-hydrogen) atoms. The highest BCUT2D eigenvalue weighted by Gasteiger charge is 2.31. The van der Waals surface area contributed by atoms with Gasteiger partial charge in [0.1, 0.15) is 0 Å². The van der Waals surface area contributed by atoms with Crippen molar-refractivity contribution in [1.29, 1.82) is 0 Å². The Labute approximate surface area is 130 Å². The second-order valence-electron chi connectivity index (χ2n) is 5.89. The molecule has 1 atom stereocenters. The summed E-state index contributed by atoms with van der Waals surface area (Å²) < 4.78 is 26.1. The lowest BCUT2D eigenvalue weighted by atomic mass is 9.91. The Bertz CT molecular complexity index is 444. The summed E-state index contributed by atoms with van der Waals surface area (Å²) in [5.41, 5.74) is 0.427. The Morgan fingerprint density at radius 1 is 0.955 bits per heavy atom. The topological polar surface area (TPSA) is 60.7 Å². The van der Waals surface area contributed by atoms with Crippen LogP contribution < -0.4 is 0 Å². The fourth-order valence-corrected chi connectivity index (χ4v) is 2.55. The van der Waals surface area contributed by atoms with E-state index in [4.69, 9.17) is 0 Å². The van der Waals surface area contributed by atoms with Gasteiger partial charge in [0.25, 0.3) is 5.97 Å². The van der Waals surface area contributed by atoms with Crippen molar-refractivity contribution in [2.75, 3.05) is 0 Å². The normalized spacial score (nSPS) is 13.4. The van der Waals surface area contributed by atoms with Gasteiger partial charge in [-0.25, -0.2) is 8.78 Å². The van der Waals surface area contributed by atoms with Crippen LogP contribution in [0, 0.1) is 17.6 Å². The van der Waals surface area contributed by atoms with E-state index >= 15 is 0 Å². The van der Waals surface area contributed by atoms with E-state index in [2.05, 4.69) is 6.92 Å². The van der Waals surface area contributed by atoms with Gasteiger partial charge in [-0.1, -0.05) is 51.5 Å². The van der Waals surface area contributed by atoms with Crippen LogP contribution in [0.1, 0.15) is 57.4 Å². The summed E-state index contributed by atoms with van der Waals surface area (Å²) in [6, 6.07) is 3.41. The number of hydrogen-bond acceptors (Lipinski definition) is 3. The van der Waals surface area contributed by atoms with E-state index in [1.54, 1.807) is 0 Å². The van der Waals surface area contributed by atoms with Gasteiger partial charge in [0.05, 0.1) is 0 Å². The third kappa shape index (κ3) is 6.81. The van der Waals surface area contributed by atoms with Gasteiger partial charge in [0, 0.05) is 5.92 Å². The lowest BCUT2D eigenvalue weighted by molar-refractivity contribution is -0.342. The molecule has 1 aromatic rings. The zero-order valence-electron chi connectivity index (χ0n) is 13.1. The molecule has 1 rings (SSSR count). The van der Waals surface area contributed by atoms with Gasteiger partial charge >= 0.3 is 0 Å². The molecule has 0 fully saturated rings. The van der Waals surface area contributed by atoms with Crippen LogP contribution in [0.4, 0.5) is 8.78 Å². The molecule has 0 spiro atoms. The van der Waals surface area contributed by atoms with E-state index in [0.717, 1.165) is 44.2 Å². The molecular formula is C17H26F2O3. The summed E-state index contributed by atoms with van der Waals surface area (Å²) in [6.45, 7) is 2.13. The molecule has 5 heteroatoms. The highest BCUT2D eigenvalue weighted by atomic mass is 19.2. The highest BCUT2D eigenvalue weighted by Crippen LogP contribution is 2.25. The second-order valence-corrected chi connectivity index (χ2v) is 5.89. The van der Waals surface area contributed by atoms with Gasteiger partial charge in [0.2, 0.25) is 0 Å². The van der Waals surface area contributed by atoms with Crippen LogP contribution in [0.2, 0.25) is 0 Å². The molecule has 0 aliphatic rings. The molecule has 1 aromatic carbocycles. The molecule has 0 saturated carbocycles. The van der Waals surface area contributed by atoms with Crippen molar-refractivity contribution in [2.45, 2.75) is 64.3 Å². The second kappa shape index (κ2) is 9.18. The van der Waals surface area contributed by atoms with Gasteiger partial charge in [-0.2, -0.15) is 0 Å². The predicted molar refractivity (Wildman–Crippen MR) is 80.9 cm³/mol. The first-order chi connectivity index (χ1) is 10.3. The minimum atomic E-state index is -2.81. The first-order valence-corrected chi connectivity index (χ1v) is 7.95. The third-order valence-electron chi connectivity index (χ3n) is 3.92. The maximum Gasteiger partial charge on any atom is 0.278 e. The van der Waals surface area contributed by atoms with Crippen molar-refractivity contribution in [3.63, 3.8) is 0 Å². The zero-order chi connectivity index (χ0) is 16.6. The number of hydrogen-bond donors (Lipinski definition) is 3. The smallest absolute Gasteiger partial charge is 0.278 e. The number of benzene rings is 1. The van der Waals surface area contributed by atoms with E-state index in [-0.39, 0.29) is 6.42 Å². The third-order valence-corrected chi connectivity index (χ3v) is 3.92. The summed E-state index contributed by atoms with van der Waals surface area (Å²) >= 11 is 0. The van der Waals surface area contributed by atoms with Gasteiger partial charge in [-0.05, 0) is 30.5 Å². The average Bonchev–Trinajstić information content (AvgIpc) is 2.44. The fraction of sp³-hybridized carbons (Fsp3) is 0.647. The van der Waals surface area contributed by atoms with Crippen molar-refractivity contribution in [3.05, 3.63) is 35.4 Å². The van der Waals surface area contributed by atoms with Gasteiger partial charge in [-0.15, -0.1) is 0 Å². The van der Waals surface area contributed by atoms with E-state index < -0.39 is 23.5 Å². The SMILES string of the molecule is CCCCCCCCC(Cc1ccc(F)c(F)c1)C(O)(O)O. The first-order valence-electron chi connectivity index (χ1n) is 7.95. The Balaban J connectivity index is 2.52. The summed E-state index contributed by atoms with van der Waals surface area (Å²) in [5.74, 6) is -5.56. The largest absolute Gasteiger partial charge is 0.343 e. The predicted octanol–water partition coefficient (Wildman–Crippen LogP) is 3.50. The maximum atomic E-state index is 13.2. The minimum absolute atomic E-state index is 0.0790. The summed E-state index contributed by atoms with van der Waals surface area (Å²) in [6.07, 6.45) is 6.75. The lowest BCUT2D eigenvalue weighted by Gasteiger charge is -2.26. The van der Waals surface area contributed by atoms with Gasteiger partial charge in [-0.3, -0.25) is 0 Å². The number of halogens is 2. The molecule has 0 heterocycles. The van der Waals surface area contributed by atoms with Crippen molar-refractivity contribution in [3.8, 4) is 0 Å². The summed E-state index contributed by atoms with van der Waals surface area (Å²) in [4.78, 5) is 0. The number of aliphatic hydroxyl groups is 3. The monoisotopic (exact) mass is 316 g/mol. The molecule has 0 amide bonds. The molecule has 1 unspecified atom stereocenters. The molecule has 126 valence electrons. The van der Waals surface area contributed by atoms with Crippen LogP contribution in [0.15, 0.2) is 18.2 Å². The molecule has 0 radical (unpaired) electrons. The van der Waals surface area contributed by atoms with E-state index in [1.807, 2.05) is 0 Å². The van der Waals surface area contributed by atoms with E-state index in [9.17, 15) is 24.1 Å². The van der Waals surface area contributed by atoms with Crippen molar-refractivity contribution in [1.82, 2.24) is 0 Å². The van der Waals surface area contributed by atoms with Gasteiger partial charge < -0.3 is 15.3 Å². The molecule has 0 aliphatic carbocycles. The van der Waals surface area contributed by atoms with Crippen LogP contribution in [0.5, 0.6) is 0 Å². The Morgan fingerprint density at radius 3 is 2.18 bits per heavy atom. The number of unbranched alkanes of at least 4 members (excludes halogenated alkanes) is 5. The molecule has 0 aliphatic heterocycles. The Kier molecular flexibility index (Phi) is 7.93. The van der Waals surface area contributed by atoms with Crippen molar-refractivity contribution >= 4 is 0 Å². The highest BCUT2D eigenvalue weighted by molar-refractivity contribution is 5.18. The Hall–Kier alpha value is -1.04. The lowest BCUT2D eigenvalue weighted by Crippen LogP contribution is -2.38. The van der Waals surface area contributed by atoms with Crippen LogP contribution in [-0.2, 0) is 6.42 Å². The first kappa shape index (κ1) is 19.0. The summed E-state index contributed by atoms with van der Waals surface area (Å²) in [7, 11) is 0. The molecule has 3 N–H and O–H groups in total. The number of rotatable bonds is 10. The van der Waals surface area contributed by atoms with Crippen molar-refractivity contribution < 1.29 is 24.1 Å². The van der Waals surface area contributed by atoms with Crippen LogP contribution in [0.25, 0.3) is 0 Å². The maximum absolute atomic E-state index is 13.2. The Morgan fingerprint density at radius 2 is 1.59 bits per heavy atom. The zero-order valence-corrected chi connectivity index (χ0v) is 13.1. The summed E-state index contributed by atoms with van der Waals surface area (Å²) in [5, 5.41) is 28.3. The van der Waals surface area contributed by atoms with Crippen LogP contribution >= 0.6 is 0 Å². The average molecular weight is 316 g/mol. The van der Waals surface area contributed by atoms with E-state index in [0.29, 0.717) is 12.0 Å². The fourth-order valence-electron chi connectivity index (χ4n) is 2.55. The van der Waals surface area contributed by atoms with Gasteiger partial charge in [0.15, 0.2) is 11.6 Å². The molecular weight excluding hydrogens is 290 g/mol. The van der Waals surface area contributed by atoms with E-state index in [1.165, 1.54) is 12.5 Å². The minimum Gasteiger partial charge on any atom is -0.343 e. The molecule has 0 aromatic heterocycles. The van der Waals surface area contributed by atoms with Crippen molar-refractivity contribution in [2.24, 2.45) is 5.92 Å². The quantitative estimate of drug-likeness (QED) is 0.457. The van der Waals surface area contributed by atoms with Crippen LogP contribution in [0.3, 0.4) is 0 Å².